The van der Waals surface area contributed by atoms with Crippen LogP contribution in [-0.2, 0) is 12.0 Å². The molecule has 0 radical (unpaired) electrons. The average Bonchev–Trinajstić information content (AvgIpc) is 2.27. The molecule has 1 aromatic carbocycles. The molecule has 0 bridgehead atoms. The lowest BCUT2D eigenvalue weighted by molar-refractivity contribution is 0.281. The summed E-state index contributed by atoms with van der Waals surface area (Å²) < 4.78 is 0. The maximum atomic E-state index is 9.01. The number of aliphatic hydroxyl groups excluding tert-OH is 1. The smallest absolute Gasteiger partial charge is 0.0681 e. The van der Waals surface area contributed by atoms with Crippen molar-refractivity contribution in [2.24, 2.45) is 5.92 Å². The van der Waals surface area contributed by atoms with Gasteiger partial charge in [-0.2, -0.15) is 0 Å². The molecule has 0 saturated heterocycles. The second kappa shape index (κ2) is 5.49. The van der Waals surface area contributed by atoms with Gasteiger partial charge >= 0.3 is 0 Å². The summed E-state index contributed by atoms with van der Waals surface area (Å²) in [5, 5.41) is 9.01. The van der Waals surface area contributed by atoms with Crippen LogP contribution < -0.4 is 0 Å². The third kappa shape index (κ3) is 3.64. The van der Waals surface area contributed by atoms with Crippen molar-refractivity contribution in [2.75, 3.05) is 0 Å². The van der Waals surface area contributed by atoms with Gasteiger partial charge in [-0.3, -0.25) is 0 Å². The van der Waals surface area contributed by atoms with Gasteiger partial charge < -0.3 is 5.11 Å². The minimum Gasteiger partial charge on any atom is -0.392 e. The third-order valence-electron chi connectivity index (χ3n) is 3.26. The quantitative estimate of drug-likeness (QED) is 0.798. The van der Waals surface area contributed by atoms with Crippen molar-refractivity contribution in [3.63, 3.8) is 0 Å². The Hall–Kier alpha value is -0.820. The van der Waals surface area contributed by atoms with Gasteiger partial charge in [0.15, 0.2) is 0 Å². The molecule has 1 rings (SSSR count). The highest BCUT2D eigenvalue weighted by molar-refractivity contribution is 5.27. The molecular weight excluding hydrogens is 196 g/mol. The standard InChI is InChI=1S/C15H24O/c1-12(2)9-10-15(3,4)14-7-5-13(11-16)6-8-14/h5-8,12,16H,9-11H2,1-4H3. The highest BCUT2D eigenvalue weighted by atomic mass is 16.3. The molecule has 0 aliphatic carbocycles. The highest BCUT2D eigenvalue weighted by Crippen LogP contribution is 2.30. The van der Waals surface area contributed by atoms with Crippen LogP contribution in [-0.4, -0.2) is 5.11 Å². The van der Waals surface area contributed by atoms with Gasteiger partial charge in [-0.1, -0.05) is 58.4 Å². The van der Waals surface area contributed by atoms with Crippen LogP contribution in [0.1, 0.15) is 51.7 Å². The van der Waals surface area contributed by atoms with E-state index in [0.717, 1.165) is 11.5 Å². The summed E-state index contributed by atoms with van der Waals surface area (Å²) in [6.45, 7) is 9.26. The van der Waals surface area contributed by atoms with Gasteiger partial charge in [0.25, 0.3) is 0 Å². The molecule has 0 amide bonds. The Morgan fingerprint density at radius 1 is 1.12 bits per heavy atom. The molecule has 0 fully saturated rings. The molecule has 1 nitrogen and oxygen atoms in total. The molecule has 0 unspecified atom stereocenters. The Morgan fingerprint density at radius 2 is 1.69 bits per heavy atom. The lowest BCUT2D eigenvalue weighted by Gasteiger charge is -2.26. The van der Waals surface area contributed by atoms with Crippen LogP contribution in [0.2, 0.25) is 0 Å². The number of hydrogen-bond acceptors (Lipinski definition) is 1. The fourth-order valence-corrected chi connectivity index (χ4v) is 1.86. The molecule has 0 atom stereocenters. The first-order valence-electron chi connectivity index (χ1n) is 6.16. The molecular formula is C15H24O. The summed E-state index contributed by atoms with van der Waals surface area (Å²) in [5.41, 5.74) is 2.59. The Morgan fingerprint density at radius 3 is 2.12 bits per heavy atom. The third-order valence-corrected chi connectivity index (χ3v) is 3.26. The summed E-state index contributed by atoms with van der Waals surface area (Å²) in [6, 6.07) is 8.33. The summed E-state index contributed by atoms with van der Waals surface area (Å²) >= 11 is 0. The Kier molecular flexibility index (Phi) is 4.55. The normalized spacial score (nSPS) is 12.1. The van der Waals surface area contributed by atoms with Gasteiger partial charge in [0.05, 0.1) is 6.61 Å². The first-order valence-corrected chi connectivity index (χ1v) is 6.16. The number of aliphatic hydroxyl groups is 1. The lowest BCUT2D eigenvalue weighted by atomic mass is 9.79. The fraction of sp³-hybridized carbons (Fsp3) is 0.600. The molecule has 90 valence electrons. The minimum absolute atomic E-state index is 0.132. The van der Waals surface area contributed by atoms with Gasteiger partial charge in [-0.05, 0) is 28.9 Å². The fourth-order valence-electron chi connectivity index (χ4n) is 1.86. The van der Waals surface area contributed by atoms with E-state index in [9.17, 15) is 0 Å². The van der Waals surface area contributed by atoms with Crippen molar-refractivity contribution in [1.29, 1.82) is 0 Å². The minimum atomic E-state index is 0.132. The molecule has 0 spiro atoms. The zero-order valence-corrected chi connectivity index (χ0v) is 11.0. The van der Waals surface area contributed by atoms with Gasteiger partial charge in [0.2, 0.25) is 0 Å². The van der Waals surface area contributed by atoms with Crippen molar-refractivity contribution in [1.82, 2.24) is 0 Å². The average molecular weight is 220 g/mol. The maximum absolute atomic E-state index is 9.01. The van der Waals surface area contributed by atoms with E-state index < -0.39 is 0 Å². The van der Waals surface area contributed by atoms with Crippen LogP contribution in [0.4, 0.5) is 0 Å². The molecule has 1 aromatic rings. The molecule has 1 heteroatoms. The van der Waals surface area contributed by atoms with Crippen molar-refractivity contribution in [3.05, 3.63) is 35.4 Å². The van der Waals surface area contributed by atoms with Crippen LogP contribution in [0.3, 0.4) is 0 Å². The monoisotopic (exact) mass is 220 g/mol. The van der Waals surface area contributed by atoms with E-state index in [1.165, 1.54) is 18.4 Å². The molecule has 0 aliphatic heterocycles. The Labute approximate surface area is 99.5 Å². The zero-order valence-electron chi connectivity index (χ0n) is 11.0. The van der Waals surface area contributed by atoms with Crippen molar-refractivity contribution in [3.8, 4) is 0 Å². The second-order valence-electron chi connectivity index (χ2n) is 5.67. The van der Waals surface area contributed by atoms with Gasteiger partial charge in [0, 0.05) is 0 Å². The highest BCUT2D eigenvalue weighted by Gasteiger charge is 2.20. The van der Waals surface area contributed by atoms with E-state index in [4.69, 9.17) is 5.11 Å². The van der Waals surface area contributed by atoms with E-state index in [0.29, 0.717) is 0 Å². The van der Waals surface area contributed by atoms with Gasteiger partial charge in [-0.25, -0.2) is 0 Å². The summed E-state index contributed by atoms with van der Waals surface area (Å²) in [4.78, 5) is 0. The van der Waals surface area contributed by atoms with Crippen molar-refractivity contribution in [2.45, 2.75) is 52.6 Å². The number of hydrogen-bond donors (Lipinski definition) is 1. The van der Waals surface area contributed by atoms with Crippen molar-refractivity contribution >= 4 is 0 Å². The van der Waals surface area contributed by atoms with Crippen LogP contribution in [0.5, 0.6) is 0 Å². The topological polar surface area (TPSA) is 20.2 Å². The molecule has 16 heavy (non-hydrogen) atoms. The van der Waals surface area contributed by atoms with Crippen LogP contribution >= 0.6 is 0 Å². The summed E-state index contributed by atoms with van der Waals surface area (Å²) in [7, 11) is 0. The zero-order chi connectivity index (χ0) is 12.2. The number of benzene rings is 1. The Balaban J connectivity index is 2.72. The van der Waals surface area contributed by atoms with Gasteiger partial charge in [0.1, 0.15) is 0 Å². The van der Waals surface area contributed by atoms with E-state index in [1.54, 1.807) is 0 Å². The van der Waals surface area contributed by atoms with E-state index >= 15 is 0 Å². The first-order chi connectivity index (χ1) is 7.45. The van der Waals surface area contributed by atoms with Crippen LogP contribution in [0.15, 0.2) is 24.3 Å². The van der Waals surface area contributed by atoms with Crippen LogP contribution in [0, 0.1) is 5.92 Å². The van der Waals surface area contributed by atoms with Crippen molar-refractivity contribution < 1.29 is 5.11 Å². The molecule has 0 saturated carbocycles. The predicted octanol–water partition coefficient (Wildman–Crippen LogP) is 3.89. The van der Waals surface area contributed by atoms with E-state index in [2.05, 4.69) is 39.8 Å². The number of rotatable bonds is 5. The molecule has 0 aromatic heterocycles. The summed E-state index contributed by atoms with van der Waals surface area (Å²) in [6.07, 6.45) is 2.47. The first kappa shape index (κ1) is 13.2. The Bertz CT molecular complexity index is 309. The second-order valence-corrected chi connectivity index (χ2v) is 5.67. The molecule has 0 heterocycles. The summed E-state index contributed by atoms with van der Waals surface area (Å²) in [5.74, 6) is 0.760. The molecule has 0 aliphatic rings. The lowest BCUT2D eigenvalue weighted by Crippen LogP contribution is -2.17. The largest absolute Gasteiger partial charge is 0.392 e. The van der Waals surface area contributed by atoms with Gasteiger partial charge in [-0.15, -0.1) is 0 Å². The van der Waals surface area contributed by atoms with Crippen LogP contribution in [0.25, 0.3) is 0 Å². The maximum Gasteiger partial charge on any atom is 0.0681 e. The SMILES string of the molecule is CC(C)CCC(C)(C)c1ccc(CO)cc1. The molecule has 1 N–H and O–H groups in total. The van der Waals surface area contributed by atoms with E-state index in [-0.39, 0.29) is 12.0 Å². The predicted molar refractivity (Wildman–Crippen MR) is 69.5 cm³/mol. The van der Waals surface area contributed by atoms with E-state index in [1.807, 2.05) is 12.1 Å².